The average molecular weight is 408 g/mol. The summed E-state index contributed by atoms with van der Waals surface area (Å²) in [5, 5.41) is 5.41. The molecule has 2 heterocycles. The van der Waals surface area contributed by atoms with Crippen molar-refractivity contribution in [1.29, 1.82) is 0 Å². The SMILES string of the molecule is CC(=O)Nc1cccc(C(=O)NCc2ccc(S(=O)(=O)N3CCCC3)s2)c1. The molecule has 1 aromatic heterocycles. The maximum Gasteiger partial charge on any atom is 0.252 e. The highest BCUT2D eigenvalue weighted by atomic mass is 32.2. The van der Waals surface area contributed by atoms with Crippen molar-refractivity contribution < 1.29 is 18.0 Å². The van der Waals surface area contributed by atoms with E-state index in [1.54, 1.807) is 36.4 Å². The highest BCUT2D eigenvalue weighted by molar-refractivity contribution is 7.91. The summed E-state index contributed by atoms with van der Waals surface area (Å²) >= 11 is 1.17. The number of benzene rings is 1. The molecule has 9 heteroatoms. The van der Waals surface area contributed by atoms with Gasteiger partial charge in [0, 0.05) is 36.1 Å². The molecule has 0 unspecified atom stereocenters. The summed E-state index contributed by atoms with van der Waals surface area (Å²) in [6.45, 7) is 2.77. The molecule has 2 amide bonds. The van der Waals surface area contributed by atoms with Gasteiger partial charge < -0.3 is 10.6 Å². The lowest BCUT2D eigenvalue weighted by Crippen LogP contribution is -2.27. The molecule has 1 saturated heterocycles. The molecular formula is C18H21N3O4S2. The maximum absolute atomic E-state index is 12.5. The number of amides is 2. The monoisotopic (exact) mass is 407 g/mol. The third-order valence-corrected chi connectivity index (χ3v) is 7.62. The number of nitrogens with one attached hydrogen (secondary N) is 2. The van der Waals surface area contributed by atoms with Gasteiger partial charge in [-0.25, -0.2) is 8.42 Å². The Kier molecular flexibility index (Phi) is 5.93. The number of hydrogen-bond donors (Lipinski definition) is 2. The summed E-state index contributed by atoms with van der Waals surface area (Å²) in [6.07, 6.45) is 1.79. The molecule has 1 fully saturated rings. The number of carbonyl (C=O) groups is 2. The number of nitrogens with zero attached hydrogens (tertiary/aromatic N) is 1. The Balaban J connectivity index is 1.63. The van der Waals surface area contributed by atoms with E-state index in [4.69, 9.17) is 0 Å². The first-order valence-corrected chi connectivity index (χ1v) is 10.9. The molecule has 0 aliphatic carbocycles. The van der Waals surface area contributed by atoms with Gasteiger partial charge in [-0.05, 0) is 43.2 Å². The molecule has 27 heavy (non-hydrogen) atoms. The number of sulfonamides is 1. The van der Waals surface area contributed by atoms with Gasteiger partial charge >= 0.3 is 0 Å². The van der Waals surface area contributed by atoms with E-state index in [-0.39, 0.29) is 18.4 Å². The van der Waals surface area contributed by atoms with Crippen molar-refractivity contribution in [1.82, 2.24) is 9.62 Å². The lowest BCUT2D eigenvalue weighted by molar-refractivity contribution is -0.114. The van der Waals surface area contributed by atoms with E-state index in [1.165, 1.54) is 22.6 Å². The van der Waals surface area contributed by atoms with E-state index in [0.29, 0.717) is 28.5 Å². The Morgan fingerprint density at radius 2 is 1.89 bits per heavy atom. The van der Waals surface area contributed by atoms with Crippen molar-refractivity contribution >= 4 is 38.9 Å². The second kappa shape index (κ2) is 8.20. The zero-order valence-electron chi connectivity index (χ0n) is 14.9. The van der Waals surface area contributed by atoms with Gasteiger partial charge in [-0.3, -0.25) is 9.59 Å². The molecule has 0 spiro atoms. The van der Waals surface area contributed by atoms with Gasteiger partial charge in [0.1, 0.15) is 4.21 Å². The summed E-state index contributed by atoms with van der Waals surface area (Å²) in [6, 6.07) is 9.95. The molecule has 1 aliphatic rings. The normalized spacial score (nSPS) is 14.9. The van der Waals surface area contributed by atoms with Crippen molar-refractivity contribution in [3.63, 3.8) is 0 Å². The largest absolute Gasteiger partial charge is 0.347 e. The van der Waals surface area contributed by atoms with Crippen LogP contribution in [0, 0.1) is 0 Å². The number of anilines is 1. The fraction of sp³-hybridized carbons (Fsp3) is 0.333. The van der Waals surface area contributed by atoms with Gasteiger partial charge in [0.2, 0.25) is 5.91 Å². The molecule has 3 rings (SSSR count). The second-order valence-electron chi connectivity index (χ2n) is 6.28. The van der Waals surface area contributed by atoms with Gasteiger partial charge in [0.05, 0.1) is 6.54 Å². The van der Waals surface area contributed by atoms with Crippen molar-refractivity contribution in [3.05, 3.63) is 46.8 Å². The molecule has 0 saturated carbocycles. The Hall–Kier alpha value is -2.23. The summed E-state index contributed by atoms with van der Waals surface area (Å²) in [5.74, 6) is -0.502. The van der Waals surface area contributed by atoms with Crippen LogP contribution in [0.5, 0.6) is 0 Å². The number of hydrogen-bond acceptors (Lipinski definition) is 5. The van der Waals surface area contributed by atoms with Crippen LogP contribution in [-0.4, -0.2) is 37.6 Å². The van der Waals surface area contributed by atoms with Crippen molar-refractivity contribution in [3.8, 4) is 0 Å². The average Bonchev–Trinajstić information content (AvgIpc) is 3.31. The lowest BCUT2D eigenvalue weighted by atomic mass is 10.2. The predicted octanol–water partition coefficient (Wildman–Crippen LogP) is 2.42. The molecule has 2 aromatic rings. The molecular weight excluding hydrogens is 386 g/mol. The van der Waals surface area contributed by atoms with Gasteiger partial charge in [0.25, 0.3) is 15.9 Å². The molecule has 1 aliphatic heterocycles. The van der Waals surface area contributed by atoms with Crippen LogP contribution < -0.4 is 10.6 Å². The zero-order chi connectivity index (χ0) is 19.4. The topological polar surface area (TPSA) is 95.6 Å². The second-order valence-corrected chi connectivity index (χ2v) is 9.61. The van der Waals surface area contributed by atoms with Gasteiger partial charge in [0.15, 0.2) is 0 Å². The van der Waals surface area contributed by atoms with Crippen LogP contribution >= 0.6 is 11.3 Å². The Labute approximate surface area is 162 Å². The minimum Gasteiger partial charge on any atom is -0.347 e. The quantitative estimate of drug-likeness (QED) is 0.769. The molecule has 2 N–H and O–H groups in total. The Morgan fingerprint density at radius 3 is 2.59 bits per heavy atom. The van der Waals surface area contributed by atoms with E-state index in [2.05, 4.69) is 10.6 Å². The van der Waals surface area contributed by atoms with Gasteiger partial charge in [-0.2, -0.15) is 4.31 Å². The van der Waals surface area contributed by atoms with Crippen LogP contribution in [0.1, 0.15) is 35.0 Å². The predicted molar refractivity (Wildman–Crippen MR) is 104 cm³/mol. The fourth-order valence-corrected chi connectivity index (χ4v) is 5.83. The first-order valence-electron chi connectivity index (χ1n) is 8.61. The molecule has 7 nitrogen and oxygen atoms in total. The smallest absolute Gasteiger partial charge is 0.252 e. The lowest BCUT2D eigenvalue weighted by Gasteiger charge is -2.13. The van der Waals surface area contributed by atoms with Crippen molar-refractivity contribution in [2.24, 2.45) is 0 Å². The third kappa shape index (κ3) is 4.74. The first kappa shape index (κ1) is 19.5. The molecule has 0 atom stereocenters. The van der Waals surface area contributed by atoms with Crippen LogP contribution in [0.25, 0.3) is 0 Å². The standard InChI is InChI=1S/C18H21N3O4S2/c1-13(22)20-15-6-4-5-14(11-15)18(23)19-12-16-7-8-17(26-16)27(24,25)21-9-2-3-10-21/h4-8,11H,2-3,9-10,12H2,1H3,(H,19,23)(H,20,22). The van der Waals surface area contributed by atoms with Gasteiger partial charge in [-0.1, -0.05) is 6.07 Å². The van der Waals surface area contributed by atoms with Crippen LogP contribution in [0.4, 0.5) is 5.69 Å². The molecule has 0 bridgehead atoms. The zero-order valence-corrected chi connectivity index (χ0v) is 16.5. The van der Waals surface area contributed by atoms with Crippen LogP contribution in [0.15, 0.2) is 40.6 Å². The van der Waals surface area contributed by atoms with E-state index < -0.39 is 10.0 Å². The highest BCUT2D eigenvalue weighted by Gasteiger charge is 2.28. The minimum atomic E-state index is -3.43. The fourth-order valence-electron chi connectivity index (χ4n) is 2.86. The van der Waals surface area contributed by atoms with Crippen LogP contribution in [-0.2, 0) is 21.4 Å². The summed E-state index contributed by atoms with van der Waals surface area (Å²) < 4.78 is 26.9. The maximum atomic E-state index is 12.5. The Bertz CT molecular complexity index is 947. The van der Waals surface area contributed by atoms with E-state index in [1.807, 2.05) is 0 Å². The molecule has 0 radical (unpaired) electrons. The molecule has 144 valence electrons. The van der Waals surface area contributed by atoms with Crippen LogP contribution in [0.3, 0.4) is 0 Å². The minimum absolute atomic E-state index is 0.210. The summed E-state index contributed by atoms with van der Waals surface area (Å²) in [7, 11) is -3.43. The van der Waals surface area contributed by atoms with E-state index in [9.17, 15) is 18.0 Å². The van der Waals surface area contributed by atoms with E-state index >= 15 is 0 Å². The summed E-state index contributed by atoms with van der Waals surface area (Å²) in [5.41, 5.74) is 0.966. The number of thiophene rings is 1. The number of rotatable bonds is 6. The van der Waals surface area contributed by atoms with E-state index in [0.717, 1.165) is 17.7 Å². The van der Waals surface area contributed by atoms with Crippen LogP contribution in [0.2, 0.25) is 0 Å². The highest BCUT2D eigenvalue weighted by Crippen LogP contribution is 2.27. The van der Waals surface area contributed by atoms with Crippen molar-refractivity contribution in [2.45, 2.75) is 30.5 Å². The Morgan fingerprint density at radius 1 is 1.15 bits per heavy atom. The van der Waals surface area contributed by atoms with Crippen molar-refractivity contribution in [2.75, 3.05) is 18.4 Å². The third-order valence-electron chi connectivity index (χ3n) is 4.16. The molecule has 1 aromatic carbocycles. The number of carbonyl (C=O) groups excluding carboxylic acids is 2. The first-order chi connectivity index (χ1) is 12.9. The summed E-state index contributed by atoms with van der Waals surface area (Å²) in [4.78, 5) is 24.2. The van der Waals surface area contributed by atoms with Gasteiger partial charge in [-0.15, -0.1) is 11.3 Å².